The van der Waals surface area contributed by atoms with Gasteiger partial charge in [0.05, 0.1) is 65.6 Å². The van der Waals surface area contributed by atoms with Gasteiger partial charge in [-0.25, -0.2) is 0 Å². The fourth-order valence-electron chi connectivity index (χ4n) is 14.3. The molecule has 0 aromatic carbocycles. The Bertz CT molecular complexity index is 2800. The van der Waals surface area contributed by atoms with Gasteiger partial charge < -0.3 is 228 Å². The van der Waals surface area contributed by atoms with Gasteiger partial charge >= 0.3 is 0 Å². The van der Waals surface area contributed by atoms with E-state index >= 15 is 0 Å². The predicted molar refractivity (Wildman–Crippen MR) is 331 cm³/mol. The van der Waals surface area contributed by atoms with Crippen molar-refractivity contribution in [3.8, 4) is 0 Å². The summed E-state index contributed by atoms with van der Waals surface area (Å²) in [6.45, 7) is -9.50. The van der Waals surface area contributed by atoms with Crippen LogP contribution in [0, 0.1) is 0 Å². The van der Waals surface area contributed by atoms with E-state index in [4.69, 9.17) is 90.8 Å². The number of hydrogen-bond acceptors (Lipinski definition) is 47. The van der Waals surface area contributed by atoms with E-state index in [1.165, 1.54) is 0 Å². The highest BCUT2D eigenvalue weighted by atomic mass is 16.8. The third kappa shape index (κ3) is 19.2. The van der Waals surface area contributed by atoms with Gasteiger partial charge in [0.25, 0.3) is 0 Å². The lowest BCUT2D eigenvalue weighted by Crippen LogP contribution is -2.68. The molecule has 1 saturated carbocycles. The van der Waals surface area contributed by atoms with Crippen LogP contribution >= 0.6 is 0 Å². The highest BCUT2D eigenvalue weighted by molar-refractivity contribution is 5.02. The Labute approximate surface area is 616 Å². The maximum atomic E-state index is 12.5. The van der Waals surface area contributed by atoms with E-state index in [9.17, 15) is 143 Å². The molecule has 10 fully saturated rings. The summed E-state index contributed by atoms with van der Waals surface area (Å²) in [6, 6.07) is -0.505. The molecule has 0 radical (unpaired) electrons. The van der Waals surface area contributed by atoms with Crippen molar-refractivity contribution in [2.45, 2.75) is 314 Å². The van der Waals surface area contributed by atoms with Crippen LogP contribution in [0.5, 0.6) is 0 Å². The number of aliphatic hydroxyl groups is 28. The molecular weight excluding hydrogens is 1500 g/mol. The van der Waals surface area contributed by atoms with Gasteiger partial charge in [-0.05, 0) is 31.2 Å². The van der Waals surface area contributed by atoms with E-state index in [1.54, 1.807) is 0 Å². The molecule has 9 aliphatic heterocycles. The van der Waals surface area contributed by atoms with Gasteiger partial charge in [0, 0.05) is 11.0 Å². The molecule has 1 aliphatic carbocycles. The van der Waals surface area contributed by atoms with Gasteiger partial charge in [-0.15, -0.1) is 0 Å². The smallest absolute Gasteiger partial charge is 0.187 e. The minimum absolute atomic E-state index is 0.134. The van der Waals surface area contributed by atoms with Crippen LogP contribution < -0.4 is 0 Å². The van der Waals surface area contributed by atoms with Crippen LogP contribution in [0.2, 0.25) is 0 Å². The molecule has 45 atom stereocenters. The Hall–Kier alpha value is -2.53. The maximum absolute atomic E-state index is 12.5. The fraction of sp³-hybridized carbons (Fsp3) is 1.00. The number of ether oxygens (including phenoxy) is 18. The molecule has 109 heavy (non-hydrogen) atoms. The average Bonchev–Trinajstić information content (AvgIpc) is 0.783. The zero-order chi connectivity index (χ0) is 79.5. The van der Waals surface area contributed by atoms with Crippen molar-refractivity contribution in [1.82, 2.24) is 0 Å². The third-order valence-corrected chi connectivity index (χ3v) is 20.9. The summed E-state index contributed by atoms with van der Waals surface area (Å²) >= 11 is 0. The monoisotopic (exact) mass is 1600 g/mol. The molecule has 49 heteroatoms. The first-order valence-corrected chi connectivity index (χ1v) is 35.2. The standard InChI is InChI=1S/C60H101N3O46/c61-63-62-14-1-3-15(4-2-14)94-56-45(91)47(105-59-51(40(86)31(77)21(10-69)100-59)109-60-50(39(85)30(76)22(11-70)101-60)108-55-43(89)36(82)27(73)18(7-66)97-55)33(79)24(103-56)12-92-52-44(90)46(104-58-49(38(84)29(75)20(9-68)99-58)107-54-42(88)35(81)26(72)17(6-65)96-54)32(78)23(102-52)13-93-57-48(37(83)28(74)19(8-67)98-57)106-53-41(87)34(80)25(71)16(5-64)95-53/h14-60,64-91H,1-13H2/t14?,15?,16?,17-,18-,19?,20-,21-,22-,23?,24?,25+,26+,27+,28+,29+,30+,31+,32+,33+,34?,35?,36?,37?,38?,39?,40?,41+,42?,43?,44+,45+,46?,47?,48+,49?,50?,51?,52-,53+,54+,55+,56+,57-,58+,59+,60+/m0/s1. The molecular formula is C60H101N3O46. The van der Waals surface area contributed by atoms with Gasteiger partial charge in [-0.1, -0.05) is 5.11 Å². The summed E-state index contributed by atoms with van der Waals surface area (Å²) in [7, 11) is 0. The average molecular weight is 1600 g/mol. The molecule has 9 saturated heterocycles. The molecule has 10 aliphatic rings. The van der Waals surface area contributed by atoms with Crippen molar-refractivity contribution in [2.75, 3.05) is 59.5 Å². The quantitative estimate of drug-likeness (QED) is 0.0196. The topological polar surface area (TPSA) is 781 Å². The number of aliphatic hydroxyl groups excluding tert-OH is 28. The third-order valence-electron chi connectivity index (χ3n) is 20.9. The molecule has 0 amide bonds. The van der Waals surface area contributed by atoms with Crippen molar-refractivity contribution in [2.24, 2.45) is 5.11 Å². The van der Waals surface area contributed by atoms with Crippen LogP contribution in [0.25, 0.3) is 10.4 Å². The van der Waals surface area contributed by atoms with E-state index in [0.29, 0.717) is 0 Å². The van der Waals surface area contributed by atoms with Gasteiger partial charge in [0.2, 0.25) is 0 Å². The molecule has 28 N–H and O–H groups in total. The second-order valence-electron chi connectivity index (χ2n) is 28.0. The lowest BCUT2D eigenvalue weighted by molar-refractivity contribution is -0.406. The second kappa shape index (κ2) is 39.2. The highest BCUT2D eigenvalue weighted by Gasteiger charge is 2.60. The molecule has 49 nitrogen and oxygen atoms in total. The number of rotatable bonds is 28. The summed E-state index contributed by atoms with van der Waals surface area (Å²) < 4.78 is 106. The molecule has 9 heterocycles. The van der Waals surface area contributed by atoms with Crippen LogP contribution in [0.15, 0.2) is 5.11 Å². The molecule has 0 aromatic rings. The zero-order valence-electron chi connectivity index (χ0n) is 57.5. The summed E-state index contributed by atoms with van der Waals surface area (Å²) in [5.74, 6) is 0. The van der Waals surface area contributed by atoms with Gasteiger partial charge in [0.1, 0.15) is 220 Å². The molecule has 0 aromatic heterocycles. The van der Waals surface area contributed by atoms with E-state index in [1.807, 2.05) is 0 Å². The van der Waals surface area contributed by atoms with Gasteiger partial charge in [0.15, 0.2) is 56.6 Å². The Morgan fingerprint density at radius 2 is 0.477 bits per heavy atom. The zero-order valence-corrected chi connectivity index (χ0v) is 57.5. The molecule has 0 bridgehead atoms. The Balaban J connectivity index is 0.966. The van der Waals surface area contributed by atoms with Crippen molar-refractivity contribution >= 4 is 0 Å². The van der Waals surface area contributed by atoms with Gasteiger partial charge in [-0.2, -0.15) is 0 Å². The molecule has 0 spiro atoms. The predicted octanol–water partition coefficient (Wildman–Crippen LogP) is -18.0. The first kappa shape index (κ1) is 88.8. The second-order valence-corrected chi connectivity index (χ2v) is 28.0. The number of azide groups is 1. The SMILES string of the molecule is [N-]=[N+]=NC1CCC(O[C@@H]2OC(CO[C@H]3OC(CO[C@H]4OC(CO)[C@@H](O)C(O)[C@H]4O[C@H]4OC(CO)[C@@H](O)C(O)[C@H]4O)[C@@H](O)C(O[C@H]4O[C@@H](CO)[C@@H](O)C(O)C4O[C@H]4O[C@@H](CO)[C@@H](O)C(O)C4O)[C@H]3O)[C@@H](O)C(O[C@H]3O[C@@H](CO)[C@@H](O)C(O)C3O[C@H]3O[C@@H](CO)[C@@H](O)C(O)C3O[C@H]3O[C@@H](CO)[C@@H](O)C(O)C3O)[C@H]2O)CC1. The Morgan fingerprint density at radius 1 is 0.239 bits per heavy atom. The molecule has 632 valence electrons. The molecule has 18 unspecified atom stereocenters. The maximum Gasteiger partial charge on any atom is 0.187 e. The van der Waals surface area contributed by atoms with Crippen LogP contribution in [0.4, 0.5) is 0 Å². The van der Waals surface area contributed by atoms with E-state index in [2.05, 4.69) is 10.0 Å². The minimum Gasteiger partial charge on any atom is -0.394 e. The van der Waals surface area contributed by atoms with E-state index in [0.717, 1.165) is 0 Å². The normalized spacial score (nSPS) is 52.3. The Kier molecular flexibility index (Phi) is 31.9. The van der Waals surface area contributed by atoms with Crippen LogP contribution in [0.3, 0.4) is 0 Å². The minimum atomic E-state index is -2.45. The fourth-order valence-corrected chi connectivity index (χ4v) is 14.3. The Morgan fingerprint density at radius 3 is 0.798 bits per heavy atom. The summed E-state index contributed by atoms with van der Waals surface area (Å²) in [4.78, 5) is 2.85. The first-order valence-electron chi connectivity index (χ1n) is 35.2. The summed E-state index contributed by atoms with van der Waals surface area (Å²) in [6.07, 6.45) is -94.3. The van der Waals surface area contributed by atoms with E-state index in [-0.39, 0.29) is 25.7 Å². The lowest BCUT2D eigenvalue weighted by Gasteiger charge is -2.50. The van der Waals surface area contributed by atoms with Crippen molar-refractivity contribution in [3.63, 3.8) is 0 Å². The summed E-state index contributed by atoms with van der Waals surface area (Å²) in [5, 5.41) is 311. The van der Waals surface area contributed by atoms with Crippen LogP contribution in [-0.2, 0) is 85.3 Å². The largest absolute Gasteiger partial charge is 0.394 e. The summed E-state index contributed by atoms with van der Waals surface area (Å²) in [5.41, 5.74) is 9.16. The van der Waals surface area contributed by atoms with Crippen molar-refractivity contribution in [1.29, 1.82) is 0 Å². The van der Waals surface area contributed by atoms with Crippen molar-refractivity contribution < 1.29 is 228 Å². The number of nitrogens with zero attached hydrogens (tertiary/aromatic N) is 3. The highest BCUT2D eigenvalue weighted by Crippen LogP contribution is 2.40. The lowest BCUT2D eigenvalue weighted by atomic mass is 9.93. The first-order chi connectivity index (χ1) is 51.9. The van der Waals surface area contributed by atoms with Gasteiger partial charge in [-0.3, -0.25) is 0 Å². The molecule has 10 rings (SSSR count). The van der Waals surface area contributed by atoms with Crippen LogP contribution in [0.1, 0.15) is 25.7 Å². The number of hydrogen-bond donors (Lipinski definition) is 28. The van der Waals surface area contributed by atoms with Crippen molar-refractivity contribution in [3.05, 3.63) is 10.4 Å². The van der Waals surface area contributed by atoms with Crippen LogP contribution in [-0.4, -0.2) is 491 Å². The van der Waals surface area contributed by atoms with E-state index < -0.39 is 348 Å².